The predicted molar refractivity (Wildman–Crippen MR) is 102 cm³/mol. The van der Waals surface area contributed by atoms with Crippen LogP contribution in [0.15, 0.2) is 48.5 Å². The quantitative estimate of drug-likeness (QED) is 0.369. The van der Waals surface area contributed by atoms with Crippen LogP contribution in [0.25, 0.3) is 0 Å². The smallest absolute Gasteiger partial charge is 0.269 e. The molecule has 0 saturated heterocycles. The van der Waals surface area contributed by atoms with Crippen LogP contribution >= 0.6 is 0 Å². The highest BCUT2D eigenvalue weighted by atomic mass is 16.6. The molecular weight excluding hydrogens is 336 g/mol. The lowest BCUT2D eigenvalue weighted by molar-refractivity contribution is -0.385. The molecule has 0 fully saturated rings. The van der Waals surface area contributed by atoms with Crippen molar-refractivity contribution in [3.8, 4) is 0 Å². The van der Waals surface area contributed by atoms with E-state index >= 15 is 0 Å². The van der Waals surface area contributed by atoms with Crippen LogP contribution in [0.4, 0.5) is 22.7 Å². The number of non-ortho nitro benzene ring substituents is 2. The summed E-state index contributed by atoms with van der Waals surface area (Å²) in [7, 11) is 0. The number of anilines is 2. The van der Waals surface area contributed by atoms with E-state index in [1.807, 2.05) is 0 Å². The van der Waals surface area contributed by atoms with Crippen LogP contribution in [0.3, 0.4) is 0 Å². The lowest BCUT2D eigenvalue weighted by atomic mass is 10.1. The molecule has 2 aromatic carbocycles. The summed E-state index contributed by atoms with van der Waals surface area (Å²) in [6.07, 6.45) is 1.99. The zero-order chi connectivity index (χ0) is 18.9. The number of benzene rings is 2. The first-order valence-electron chi connectivity index (χ1n) is 8.42. The molecule has 2 rings (SSSR count). The highest BCUT2D eigenvalue weighted by molar-refractivity contribution is 5.49. The van der Waals surface area contributed by atoms with Gasteiger partial charge in [-0.2, -0.15) is 0 Å². The Morgan fingerprint density at radius 3 is 1.77 bits per heavy atom. The summed E-state index contributed by atoms with van der Waals surface area (Å²) in [5.74, 6) is 0.448. The van der Waals surface area contributed by atoms with Gasteiger partial charge in [0.2, 0.25) is 0 Å². The van der Waals surface area contributed by atoms with Crippen LogP contribution in [0.2, 0.25) is 0 Å². The van der Waals surface area contributed by atoms with Crippen LogP contribution in [-0.4, -0.2) is 22.9 Å². The van der Waals surface area contributed by atoms with Crippen molar-refractivity contribution in [3.63, 3.8) is 0 Å². The van der Waals surface area contributed by atoms with Crippen LogP contribution in [-0.2, 0) is 0 Å². The molecule has 0 aromatic heterocycles. The van der Waals surface area contributed by atoms with E-state index in [0.29, 0.717) is 5.92 Å². The topological polar surface area (TPSA) is 110 Å². The molecule has 0 saturated carbocycles. The van der Waals surface area contributed by atoms with Gasteiger partial charge in [0.05, 0.1) is 9.85 Å². The van der Waals surface area contributed by atoms with Crippen LogP contribution in [0.1, 0.15) is 19.8 Å². The van der Waals surface area contributed by atoms with Gasteiger partial charge in [-0.3, -0.25) is 20.2 Å². The Kier molecular flexibility index (Phi) is 6.90. The Labute approximate surface area is 151 Å². The molecule has 138 valence electrons. The van der Waals surface area contributed by atoms with Gasteiger partial charge in [0.25, 0.3) is 11.4 Å². The Bertz CT molecular complexity index is 732. The molecule has 0 aliphatic rings. The number of nitrogens with zero attached hydrogens (tertiary/aromatic N) is 2. The van der Waals surface area contributed by atoms with Crippen molar-refractivity contribution in [3.05, 3.63) is 68.8 Å². The fraction of sp³-hybridized carbons (Fsp3) is 0.333. The third-order valence-electron chi connectivity index (χ3n) is 4.01. The molecule has 2 aromatic rings. The summed E-state index contributed by atoms with van der Waals surface area (Å²) >= 11 is 0. The molecule has 0 bridgehead atoms. The van der Waals surface area contributed by atoms with E-state index in [4.69, 9.17) is 0 Å². The molecule has 8 nitrogen and oxygen atoms in total. The fourth-order valence-electron chi connectivity index (χ4n) is 2.48. The lowest BCUT2D eigenvalue weighted by Gasteiger charge is -2.14. The Balaban J connectivity index is 1.64. The molecular formula is C18H22N4O4. The molecule has 0 heterocycles. The molecule has 1 atom stereocenters. The van der Waals surface area contributed by atoms with Crippen molar-refractivity contribution in [2.75, 3.05) is 23.7 Å². The average Bonchev–Trinajstić information content (AvgIpc) is 2.64. The molecule has 1 unspecified atom stereocenters. The minimum absolute atomic E-state index is 0.0842. The third-order valence-corrected chi connectivity index (χ3v) is 4.01. The zero-order valence-electron chi connectivity index (χ0n) is 14.6. The van der Waals surface area contributed by atoms with Gasteiger partial charge in [-0.1, -0.05) is 6.92 Å². The predicted octanol–water partition coefficient (Wildman–Crippen LogP) is 4.44. The second-order valence-electron chi connectivity index (χ2n) is 6.16. The van der Waals surface area contributed by atoms with E-state index in [9.17, 15) is 20.2 Å². The van der Waals surface area contributed by atoms with E-state index < -0.39 is 9.85 Å². The van der Waals surface area contributed by atoms with Crippen molar-refractivity contribution in [1.82, 2.24) is 0 Å². The first-order chi connectivity index (χ1) is 12.5. The molecule has 0 aliphatic heterocycles. The van der Waals surface area contributed by atoms with E-state index in [1.54, 1.807) is 24.3 Å². The maximum absolute atomic E-state index is 10.6. The molecule has 0 spiro atoms. The Morgan fingerprint density at radius 2 is 1.31 bits per heavy atom. The monoisotopic (exact) mass is 358 g/mol. The average molecular weight is 358 g/mol. The van der Waals surface area contributed by atoms with E-state index in [2.05, 4.69) is 17.6 Å². The molecule has 0 amide bonds. The standard InChI is InChI=1S/C18H22N4O4/c1-14(13-20-16-6-10-18(11-7-16)22(25)26)3-2-12-19-15-4-8-17(9-5-15)21(23)24/h4-11,14,19-20H,2-3,12-13H2,1H3. The number of nitro groups is 2. The van der Waals surface area contributed by atoms with E-state index in [1.165, 1.54) is 24.3 Å². The number of nitro benzene ring substituents is 2. The maximum atomic E-state index is 10.6. The highest BCUT2D eigenvalue weighted by Gasteiger charge is 2.06. The molecule has 8 heteroatoms. The van der Waals surface area contributed by atoms with Crippen molar-refractivity contribution in [2.24, 2.45) is 5.92 Å². The first kappa shape index (κ1) is 19.2. The Hall–Kier alpha value is -3.16. The number of nitrogens with one attached hydrogen (secondary N) is 2. The van der Waals surface area contributed by atoms with Gasteiger partial charge in [0, 0.05) is 48.7 Å². The van der Waals surface area contributed by atoms with Crippen molar-refractivity contribution in [2.45, 2.75) is 19.8 Å². The second kappa shape index (κ2) is 9.36. The Morgan fingerprint density at radius 1 is 0.846 bits per heavy atom. The number of hydrogen-bond acceptors (Lipinski definition) is 6. The van der Waals surface area contributed by atoms with Gasteiger partial charge in [-0.15, -0.1) is 0 Å². The molecule has 0 radical (unpaired) electrons. The van der Waals surface area contributed by atoms with Gasteiger partial charge >= 0.3 is 0 Å². The van der Waals surface area contributed by atoms with Crippen LogP contribution in [0.5, 0.6) is 0 Å². The lowest BCUT2D eigenvalue weighted by Crippen LogP contribution is -2.13. The number of hydrogen-bond donors (Lipinski definition) is 2. The summed E-state index contributed by atoms with van der Waals surface area (Å²) in [4.78, 5) is 20.4. The minimum Gasteiger partial charge on any atom is -0.385 e. The number of rotatable bonds is 10. The third kappa shape index (κ3) is 6.04. The summed E-state index contributed by atoms with van der Waals surface area (Å²) in [6, 6.07) is 12.8. The minimum atomic E-state index is -0.413. The maximum Gasteiger partial charge on any atom is 0.269 e. The van der Waals surface area contributed by atoms with Gasteiger partial charge in [-0.05, 0) is 43.0 Å². The van der Waals surface area contributed by atoms with Gasteiger partial charge in [-0.25, -0.2) is 0 Å². The molecule has 0 aliphatic carbocycles. The van der Waals surface area contributed by atoms with Gasteiger partial charge in [0.1, 0.15) is 0 Å². The molecule has 26 heavy (non-hydrogen) atoms. The normalized spacial score (nSPS) is 11.6. The largest absolute Gasteiger partial charge is 0.385 e. The van der Waals surface area contributed by atoms with Gasteiger partial charge in [0.15, 0.2) is 0 Å². The van der Waals surface area contributed by atoms with E-state index in [0.717, 1.165) is 37.3 Å². The molecule has 2 N–H and O–H groups in total. The second-order valence-corrected chi connectivity index (χ2v) is 6.16. The first-order valence-corrected chi connectivity index (χ1v) is 8.42. The van der Waals surface area contributed by atoms with Crippen molar-refractivity contribution >= 4 is 22.7 Å². The fourth-order valence-corrected chi connectivity index (χ4v) is 2.48. The summed E-state index contributed by atoms with van der Waals surface area (Å²) < 4.78 is 0. The van der Waals surface area contributed by atoms with Gasteiger partial charge < -0.3 is 10.6 Å². The van der Waals surface area contributed by atoms with Crippen LogP contribution < -0.4 is 10.6 Å². The highest BCUT2D eigenvalue weighted by Crippen LogP contribution is 2.17. The summed E-state index contributed by atoms with van der Waals surface area (Å²) in [5, 5.41) is 27.8. The van der Waals surface area contributed by atoms with Crippen molar-refractivity contribution < 1.29 is 9.85 Å². The zero-order valence-corrected chi connectivity index (χ0v) is 14.6. The summed E-state index contributed by atoms with van der Waals surface area (Å²) in [6.45, 7) is 3.72. The van der Waals surface area contributed by atoms with Crippen LogP contribution in [0, 0.1) is 26.1 Å². The van der Waals surface area contributed by atoms with E-state index in [-0.39, 0.29) is 11.4 Å². The summed E-state index contributed by atoms with van der Waals surface area (Å²) in [5.41, 5.74) is 1.90. The SMILES string of the molecule is CC(CCCNc1ccc([N+](=O)[O-])cc1)CNc1ccc([N+](=O)[O-])cc1. The van der Waals surface area contributed by atoms with Crippen molar-refractivity contribution in [1.29, 1.82) is 0 Å².